The summed E-state index contributed by atoms with van der Waals surface area (Å²) < 4.78 is 19.1. The minimum Gasteiger partial charge on any atom is -0.459 e. The zero-order valence-electron chi connectivity index (χ0n) is 12.4. The standard InChI is InChI=1S/C16H20FN3O/c1-3-18-16(20-12-5-6-12)19-9-15-10(2)13-8-11(17)4-7-14(13)21-15/h4,7-8,12H,3,5-6,9H2,1-2H3,(H2,18,19,20). The summed E-state index contributed by atoms with van der Waals surface area (Å²) in [7, 11) is 0. The predicted molar refractivity (Wildman–Crippen MR) is 81.9 cm³/mol. The monoisotopic (exact) mass is 289 g/mol. The summed E-state index contributed by atoms with van der Waals surface area (Å²) in [6, 6.07) is 5.14. The molecule has 0 saturated heterocycles. The van der Waals surface area contributed by atoms with Crippen LogP contribution in [0.3, 0.4) is 0 Å². The highest BCUT2D eigenvalue weighted by Crippen LogP contribution is 2.26. The lowest BCUT2D eigenvalue weighted by Gasteiger charge is -2.09. The number of rotatable bonds is 4. The summed E-state index contributed by atoms with van der Waals surface area (Å²) >= 11 is 0. The molecule has 0 spiro atoms. The first-order valence-corrected chi connectivity index (χ1v) is 7.39. The van der Waals surface area contributed by atoms with Crippen LogP contribution in [0.1, 0.15) is 31.1 Å². The smallest absolute Gasteiger partial charge is 0.191 e. The summed E-state index contributed by atoms with van der Waals surface area (Å²) in [6.07, 6.45) is 2.40. The molecule has 0 unspecified atom stereocenters. The molecule has 0 atom stereocenters. The number of hydrogen-bond donors (Lipinski definition) is 2. The van der Waals surface area contributed by atoms with E-state index in [4.69, 9.17) is 4.42 Å². The predicted octanol–water partition coefficient (Wildman–Crippen LogP) is 3.10. The Hall–Kier alpha value is -2.04. The number of halogens is 1. The second kappa shape index (κ2) is 5.76. The first kappa shape index (κ1) is 13.9. The van der Waals surface area contributed by atoms with E-state index in [9.17, 15) is 4.39 Å². The van der Waals surface area contributed by atoms with Crippen molar-refractivity contribution >= 4 is 16.9 Å². The number of hydrogen-bond acceptors (Lipinski definition) is 2. The number of benzene rings is 1. The van der Waals surface area contributed by atoms with E-state index in [0.29, 0.717) is 18.2 Å². The molecule has 2 N–H and O–H groups in total. The third-order valence-electron chi connectivity index (χ3n) is 3.64. The van der Waals surface area contributed by atoms with Gasteiger partial charge in [-0.05, 0) is 44.9 Å². The Balaban J connectivity index is 1.81. The van der Waals surface area contributed by atoms with Crippen LogP contribution in [0.25, 0.3) is 11.0 Å². The number of nitrogens with one attached hydrogen (secondary N) is 2. The third kappa shape index (κ3) is 3.17. The van der Waals surface area contributed by atoms with Crippen LogP contribution in [0.15, 0.2) is 27.6 Å². The van der Waals surface area contributed by atoms with E-state index in [0.717, 1.165) is 29.2 Å². The lowest BCUT2D eigenvalue weighted by Crippen LogP contribution is -2.38. The summed E-state index contributed by atoms with van der Waals surface area (Å²) in [5.74, 6) is 1.35. The highest BCUT2D eigenvalue weighted by atomic mass is 19.1. The van der Waals surface area contributed by atoms with E-state index in [-0.39, 0.29) is 5.82 Å². The molecule has 1 aromatic carbocycles. The van der Waals surface area contributed by atoms with Gasteiger partial charge in [-0.1, -0.05) is 0 Å². The number of nitrogens with zero attached hydrogens (tertiary/aromatic N) is 1. The summed E-state index contributed by atoms with van der Waals surface area (Å²) in [6.45, 7) is 5.25. The highest BCUT2D eigenvalue weighted by Gasteiger charge is 2.22. The molecule has 21 heavy (non-hydrogen) atoms. The van der Waals surface area contributed by atoms with Crippen LogP contribution in [-0.2, 0) is 6.54 Å². The van der Waals surface area contributed by atoms with Gasteiger partial charge in [0, 0.05) is 23.5 Å². The van der Waals surface area contributed by atoms with Gasteiger partial charge in [-0.3, -0.25) is 0 Å². The SMILES string of the molecule is CCNC(=NCc1oc2ccc(F)cc2c1C)NC1CC1. The maximum Gasteiger partial charge on any atom is 0.191 e. The Morgan fingerprint density at radius 3 is 2.95 bits per heavy atom. The first-order valence-electron chi connectivity index (χ1n) is 7.39. The van der Waals surface area contributed by atoms with Crippen molar-refractivity contribution in [2.24, 2.45) is 4.99 Å². The van der Waals surface area contributed by atoms with Gasteiger partial charge in [0.25, 0.3) is 0 Å². The van der Waals surface area contributed by atoms with Gasteiger partial charge in [0.2, 0.25) is 0 Å². The van der Waals surface area contributed by atoms with Gasteiger partial charge in [-0.15, -0.1) is 0 Å². The van der Waals surface area contributed by atoms with Crippen LogP contribution in [0.5, 0.6) is 0 Å². The molecule has 1 aliphatic rings. The molecule has 1 saturated carbocycles. The van der Waals surface area contributed by atoms with Gasteiger partial charge in [0.15, 0.2) is 5.96 Å². The topological polar surface area (TPSA) is 49.6 Å². The maximum atomic E-state index is 13.3. The molecule has 5 heteroatoms. The molecule has 0 aliphatic heterocycles. The van der Waals surface area contributed by atoms with Gasteiger partial charge in [0.1, 0.15) is 23.7 Å². The van der Waals surface area contributed by atoms with Crippen LogP contribution < -0.4 is 10.6 Å². The maximum absolute atomic E-state index is 13.3. The van der Waals surface area contributed by atoms with Crippen molar-refractivity contribution in [3.8, 4) is 0 Å². The quantitative estimate of drug-likeness (QED) is 0.671. The average molecular weight is 289 g/mol. The number of aliphatic imine (C=N–C) groups is 1. The number of guanidine groups is 1. The number of fused-ring (bicyclic) bond motifs is 1. The highest BCUT2D eigenvalue weighted by molar-refractivity contribution is 5.83. The van der Waals surface area contributed by atoms with E-state index in [1.54, 1.807) is 6.07 Å². The molecule has 1 aliphatic carbocycles. The molecular formula is C16H20FN3O. The van der Waals surface area contributed by atoms with E-state index < -0.39 is 0 Å². The second-order valence-electron chi connectivity index (χ2n) is 5.40. The summed E-state index contributed by atoms with van der Waals surface area (Å²) in [5, 5.41) is 7.41. The van der Waals surface area contributed by atoms with E-state index in [1.807, 2.05) is 13.8 Å². The van der Waals surface area contributed by atoms with Gasteiger partial charge in [-0.25, -0.2) is 9.38 Å². The van der Waals surface area contributed by atoms with Gasteiger partial charge in [-0.2, -0.15) is 0 Å². The fourth-order valence-electron chi connectivity index (χ4n) is 2.29. The molecule has 3 rings (SSSR count). The van der Waals surface area contributed by atoms with Gasteiger partial charge >= 0.3 is 0 Å². The van der Waals surface area contributed by atoms with Crippen LogP contribution in [-0.4, -0.2) is 18.5 Å². The van der Waals surface area contributed by atoms with Crippen LogP contribution in [0.2, 0.25) is 0 Å². The fourth-order valence-corrected chi connectivity index (χ4v) is 2.29. The molecule has 1 heterocycles. The van der Waals surface area contributed by atoms with Crippen molar-refractivity contribution in [2.45, 2.75) is 39.3 Å². The zero-order chi connectivity index (χ0) is 14.8. The Morgan fingerprint density at radius 1 is 1.43 bits per heavy atom. The summed E-state index contributed by atoms with van der Waals surface area (Å²) in [5.41, 5.74) is 1.66. The van der Waals surface area contributed by atoms with Crippen LogP contribution in [0.4, 0.5) is 4.39 Å². The van der Waals surface area contributed by atoms with Crippen molar-refractivity contribution in [1.29, 1.82) is 0 Å². The van der Waals surface area contributed by atoms with Crippen molar-refractivity contribution in [1.82, 2.24) is 10.6 Å². The lowest BCUT2D eigenvalue weighted by molar-refractivity contribution is 0.547. The molecular weight excluding hydrogens is 269 g/mol. The molecule has 112 valence electrons. The molecule has 0 amide bonds. The van der Waals surface area contributed by atoms with Gasteiger partial charge in [0.05, 0.1) is 0 Å². The average Bonchev–Trinajstić information content (AvgIpc) is 3.22. The number of aryl methyl sites for hydroxylation is 1. The van der Waals surface area contributed by atoms with Crippen molar-refractivity contribution in [3.63, 3.8) is 0 Å². The fraction of sp³-hybridized carbons (Fsp3) is 0.438. The largest absolute Gasteiger partial charge is 0.459 e. The Bertz CT molecular complexity index is 673. The lowest BCUT2D eigenvalue weighted by atomic mass is 10.1. The minimum absolute atomic E-state index is 0.245. The Kier molecular flexibility index (Phi) is 3.82. The van der Waals surface area contributed by atoms with E-state index in [1.165, 1.54) is 25.0 Å². The first-order chi connectivity index (χ1) is 10.2. The molecule has 2 aromatic rings. The molecule has 0 radical (unpaired) electrons. The third-order valence-corrected chi connectivity index (χ3v) is 3.64. The van der Waals surface area contributed by atoms with Gasteiger partial charge < -0.3 is 15.1 Å². The van der Waals surface area contributed by atoms with Crippen molar-refractivity contribution in [2.75, 3.05) is 6.54 Å². The Labute approximate surface area is 123 Å². The van der Waals surface area contributed by atoms with Crippen molar-refractivity contribution in [3.05, 3.63) is 35.3 Å². The zero-order valence-corrected chi connectivity index (χ0v) is 12.4. The molecule has 0 bridgehead atoms. The minimum atomic E-state index is -0.245. The second-order valence-corrected chi connectivity index (χ2v) is 5.40. The Morgan fingerprint density at radius 2 is 2.24 bits per heavy atom. The molecule has 4 nitrogen and oxygen atoms in total. The number of furan rings is 1. The van der Waals surface area contributed by atoms with Crippen LogP contribution in [0, 0.1) is 12.7 Å². The van der Waals surface area contributed by atoms with E-state index >= 15 is 0 Å². The molecule has 1 fully saturated rings. The van der Waals surface area contributed by atoms with Crippen molar-refractivity contribution < 1.29 is 8.81 Å². The molecule has 1 aromatic heterocycles. The van der Waals surface area contributed by atoms with Crippen LogP contribution >= 0.6 is 0 Å². The van der Waals surface area contributed by atoms with E-state index in [2.05, 4.69) is 15.6 Å². The summed E-state index contributed by atoms with van der Waals surface area (Å²) in [4.78, 5) is 4.55. The normalized spacial score (nSPS) is 15.5.